The van der Waals surface area contributed by atoms with Gasteiger partial charge in [0.2, 0.25) is 0 Å². The van der Waals surface area contributed by atoms with E-state index in [1.54, 1.807) is 0 Å². The van der Waals surface area contributed by atoms with Crippen molar-refractivity contribution in [1.82, 2.24) is 5.32 Å². The lowest BCUT2D eigenvalue weighted by Gasteiger charge is -2.20. The molecule has 104 valence electrons. The van der Waals surface area contributed by atoms with Gasteiger partial charge in [-0.05, 0) is 24.8 Å². The number of rotatable bonds is 11. The van der Waals surface area contributed by atoms with Gasteiger partial charge in [-0.25, -0.2) is 0 Å². The molecule has 0 amide bonds. The molecule has 0 aromatic carbocycles. The van der Waals surface area contributed by atoms with Gasteiger partial charge in [-0.15, -0.1) is 0 Å². The van der Waals surface area contributed by atoms with E-state index >= 15 is 0 Å². The van der Waals surface area contributed by atoms with E-state index in [2.05, 4.69) is 39.9 Å². The summed E-state index contributed by atoms with van der Waals surface area (Å²) >= 11 is 0. The molecule has 0 fully saturated rings. The second-order valence-corrected chi connectivity index (χ2v) is 6.10. The van der Waals surface area contributed by atoms with Crippen molar-refractivity contribution >= 4 is 0 Å². The smallest absolute Gasteiger partial charge is 0.00103 e. The minimum absolute atomic E-state index is 0.642. The first kappa shape index (κ1) is 17.0. The van der Waals surface area contributed by atoms with Gasteiger partial charge < -0.3 is 5.32 Å². The second kappa shape index (κ2) is 11.1. The van der Waals surface area contributed by atoms with E-state index in [9.17, 15) is 0 Å². The number of hydrogen-bond donors (Lipinski definition) is 1. The molecule has 1 atom stereocenters. The van der Waals surface area contributed by atoms with Gasteiger partial charge in [0.1, 0.15) is 0 Å². The summed E-state index contributed by atoms with van der Waals surface area (Å²) in [6.45, 7) is 12.7. The highest BCUT2D eigenvalue weighted by molar-refractivity contribution is 4.64. The van der Waals surface area contributed by atoms with Gasteiger partial charge in [-0.3, -0.25) is 0 Å². The topological polar surface area (TPSA) is 12.0 Å². The maximum Gasteiger partial charge on any atom is 0.00103 e. The molecule has 1 N–H and O–H groups in total. The zero-order chi connectivity index (χ0) is 13.1. The van der Waals surface area contributed by atoms with Gasteiger partial charge in [0.25, 0.3) is 0 Å². The summed E-state index contributed by atoms with van der Waals surface area (Å²) in [7, 11) is 0. The highest BCUT2D eigenvalue weighted by Crippen LogP contribution is 2.24. The third kappa shape index (κ3) is 10.8. The van der Waals surface area contributed by atoms with Crippen molar-refractivity contribution < 1.29 is 0 Å². The molecule has 0 rings (SSSR count). The van der Waals surface area contributed by atoms with E-state index in [1.165, 1.54) is 51.5 Å². The molecular weight excluding hydrogens is 206 g/mol. The van der Waals surface area contributed by atoms with Gasteiger partial charge in [0.15, 0.2) is 0 Å². The fraction of sp³-hybridized carbons (Fsp3) is 1.00. The van der Waals surface area contributed by atoms with E-state index < -0.39 is 0 Å². The molecule has 0 radical (unpaired) electrons. The van der Waals surface area contributed by atoms with Crippen LogP contribution in [0.2, 0.25) is 0 Å². The Hall–Kier alpha value is -0.0400. The first-order valence-electron chi connectivity index (χ1n) is 7.81. The molecule has 17 heavy (non-hydrogen) atoms. The van der Waals surface area contributed by atoms with Gasteiger partial charge in [0, 0.05) is 6.04 Å². The summed E-state index contributed by atoms with van der Waals surface area (Å²) in [5.74, 6) is 1.84. The van der Waals surface area contributed by atoms with Crippen molar-refractivity contribution in [1.29, 1.82) is 0 Å². The first-order chi connectivity index (χ1) is 8.07. The van der Waals surface area contributed by atoms with Crippen LogP contribution in [0, 0.1) is 11.8 Å². The predicted octanol–water partition coefficient (Wildman–Crippen LogP) is 5.01. The van der Waals surface area contributed by atoms with Crippen molar-refractivity contribution in [3.8, 4) is 0 Å². The van der Waals surface area contributed by atoms with Gasteiger partial charge in [-0.2, -0.15) is 0 Å². The Bertz CT molecular complexity index is 152. The van der Waals surface area contributed by atoms with E-state index in [0.717, 1.165) is 11.8 Å². The van der Waals surface area contributed by atoms with Crippen LogP contribution in [-0.4, -0.2) is 12.6 Å². The minimum Gasteiger partial charge on any atom is -0.315 e. The number of unbranched alkanes of at least 4 members (excludes halogenated alkanes) is 3. The normalized spacial score (nSPS) is 13.6. The summed E-state index contributed by atoms with van der Waals surface area (Å²) in [6, 6.07) is 0.642. The van der Waals surface area contributed by atoms with Crippen molar-refractivity contribution in [2.45, 2.75) is 85.6 Å². The first-order valence-corrected chi connectivity index (χ1v) is 7.81. The van der Waals surface area contributed by atoms with E-state index in [1.807, 2.05) is 0 Å². The summed E-state index contributed by atoms with van der Waals surface area (Å²) in [5.41, 5.74) is 0. The van der Waals surface area contributed by atoms with Crippen molar-refractivity contribution in [3.05, 3.63) is 0 Å². The van der Waals surface area contributed by atoms with Crippen LogP contribution < -0.4 is 5.32 Å². The van der Waals surface area contributed by atoms with E-state index in [4.69, 9.17) is 0 Å². The average Bonchev–Trinajstić information content (AvgIpc) is 2.26. The molecule has 0 aliphatic rings. The molecule has 0 aliphatic heterocycles. The fourth-order valence-electron chi connectivity index (χ4n) is 2.38. The minimum atomic E-state index is 0.642. The van der Waals surface area contributed by atoms with Crippen LogP contribution in [0.15, 0.2) is 0 Å². The monoisotopic (exact) mass is 241 g/mol. The maximum absolute atomic E-state index is 3.49. The third-order valence-electron chi connectivity index (χ3n) is 3.68. The van der Waals surface area contributed by atoms with Crippen LogP contribution >= 0.6 is 0 Å². The van der Waals surface area contributed by atoms with E-state index in [-0.39, 0.29) is 0 Å². The molecule has 0 spiro atoms. The standard InChI is InChI=1S/C16H35N/c1-6-7-11-16(14(2)3)12-9-8-10-13-17-15(4)5/h14-17H,6-13H2,1-5H3. The molecule has 0 aliphatic carbocycles. The molecule has 0 heterocycles. The highest BCUT2D eigenvalue weighted by Gasteiger charge is 2.11. The Labute approximate surface area is 110 Å². The number of nitrogens with one attached hydrogen (secondary N) is 1. The van der Waals surface area contributed by atoms with Crippen LogP contribution in [0.5, 0.6) is 0 Å². The maximum atomic E-state index is 3.49. The largest absolute Gasteiger partial charge is 0.315 e. The Morgan fingerprint density at radius 1 is 0.824 bits per heavy atom. The zero-order valence-electron chi connectivity index (χ0n) is 12.9. The quantitative estimate of drug-likeness (QED) is 0.502. The lowest BCUT2D eigenvalue weighted by molar-refractivity contribution is 0.316. The molecule has 0 bridgehead atoms. The summed E-state index contributed by atoms with van der Waals surface area (Å²) in [5, 5.41) is 3.49. The molecule has 0 aromatic rings. The van der Waals surface area contributed by atoms with Crippen LogP contribution in [0.4, 0.5) is 0 Å². The summed E-state index contributed by atoms with van der Waals surface area (Å²) in [6.07, 6.45) is 9.81. The van der Waals surface area contributed by atoms with Gasteiger partial charge >= 0.3 is 0 Å². The van der Waals surface area contributed by atoms with E-state index in [0.29, 0.717) is 6.04 Å². The molecule has 1 nitrogen and oxygen atoms in total. The zero-order valence-corrected chi connectivity index (χ0v) is 12.9. The third-order valence-corrected chi connectivity index (χ3v) is 3.68. The van der Waals surface area contributed by atoms with Crippen molar-refractivity contribution in [3.63, 3.8) is 0 Å². The van der Waals surface area contributed by atoms with Gasteiger partial charge in [-0.1, -0.05) is 73.1 Å². The van der Waals surface area contributed by atoms with Crippen LogP contribution in [0.25, 0.3) is 0 Å². The van der Waals surface area contributed by atoms with Crippen LogP contribution in [0.3, 0.4) is 0 Å². The summed E-state index contributed by atoms with van der Waals surface area (Å²) in [4.78, 5) is 0. The molecule has 0 aromatic heterocycles. The SMILES string of the molecule is CCCCC(CCCCCNC(C)C)C(C)C. The average molecular weight is 241 g/mol. The molecular formula is C16H35N. The predicted molar refractivity (Wildman–Crippen MR) is 79.5 cm³/mol. The molecule has 0 saturated heterocycles. The number of hydrogen-bond acceptors (Lipinski definition) is 1. The van der Waals surface area contributed by atoms with Crippen LogP contribution in [-0.2, 0) is 0 Å². The van der Waals surface area contributed by atoms with Crippen LogP contribution in [0.1, 0.15) is 79.6 Å². The Morgan fingerprint density at radius 3 is 2.00 bits per heavy atom. The van der Waals surface area contributed by atoms with Gasteiger partial charge in [0.05, 0.1) is 0 Å². The van der Waals surface area contributed by atoms with Crippen molar-refractivity contribution in [2.75, 3.05) is 6.54 Å². The Kier molecular flexibility index (Phi) is 11.0. The molecule has 1 heteroatoms. The fourth-order valence-corrected chi connectivity index (χ4v) is 2.38. The highest BCUT2D eigenvalue weighted by atomic mass is 14.9. The lowest BCUT2D eigenvalue weighted by Crippen LogP contribution is -2.23. The van der Waals surface area contributed by atoms with Crippen molar-refractivity contribution in [2.24, 2.45) is 11.8 Å². The summed E-state index contributed by atoms with van der Waals surface area (Å²) < 4.78 is 0. The molecule has 0 saturated carbocycles. The Morgan fingerprint density at radius 2 is 1.47 bits per heavy atom. The lowest BCUT2D eigenvalue weighted by atomic mass is 9.86. The Balaban J connectivity index is 3.47. The second-order valence-electron chi connectivity index (χ2n) is 6.10. The molecule has 1 unspecified atom stereocenters.